The molecular formula is C18H23F3N4O3. The SMILES string of the molecule is Cc1ccc(OC2CCN(CCn3cncn3)CC2)cc1.O=C(O)C(F)(F)F. The number of aromatic nitrogens is 3. The van der Waals surface area contributed by atoms with Crippen LogP contribution in [0.2, 0.25) is 0 Å². The summed E-state index contributed by atoms with van der Waals surface area (Å²) in [6.45, 7) is 6.21. The van der Waals surface area contributed by atoms with Gasteiger partial charge in [0.15, 0.2) is 0 Å². The first-order valence-corrected chi connectivity index (χ1v) is 8.82. The summed E-state index contributed by atoms with van der Waals surface area (Å²) in [7, 11) is 0. The number of ether oxygens (including phenoxy) is 1. The number of carboxylic acids is 1. The van der Waals surface area contributed by atoms with Crippen molar-refractivity contribution in [2.24, 2.45) is 0 Å². The van der Waals surface area contributed by atoms with Crippen molar-refractivity contribution in [3.8, 4) is 5.75 Å². The number of carboxylic acid groups (broad SMARTS) is 1. The number of hydrogen-bond acceptors (Lipinski definition) is 5. The highest BCUT2D eigenvalue weighted by Gasteiger charge is 2.38. The Hall–Kier alpha value is -2.62. The van der Waals surface area contributed by atoms with Crippen LogP contribution in [0.4, 0.5) is 13.2 Å². The minimum absolute atomic E-state index is 0.343. The van der Waals surface area contributed by atoms with Crippen LogP contribution in [0.15, 0.2) is 36.9 Å². The predicted octanol–water partition coefficient (Wildman–Crippen LogP) is 2.76. The fourth-order valence-electron chi connectivity index (χ4n) is 2.65. The van der Waals surface area contributed by atoms with Gasteiger partial charge in [-0.15, -0.1) is 0 Å². The van der Waals surface area contributed by atoms with Gasteiger partial charge in [0, 0.05) is 19.6 Å². The maximum absolute atomic E-state index is 10.6. The molecule has 0 saturated carbocycles. The van der Waals surface area contributed by atoms with E-state index in [1.807, 2.05) is 4.68 Å². The van der Waals surface area contributed by atoms with Crippen molar-refractivity contribution < 1.29 is 27.8 Å². The van der Waals surface area contributed by atoms with Crippen LogP contribution in [-0.4, -0.2) is 62.7 Å². The molecule has 1 fully saturated rings. The number of nitrogens with zero attached hydrogens (tertiary/aromatic N) is 4. The Labute approximate surface area is 160 Å². The fourth-order valence-corrected chi connectivity index (χ4v) is 2.65. The molecule has 2 heterocycles. The number of rotatable bonds is 5. The molecule has 1 saturated heterocycles. The Morgan fingerprint density at radius 3 is 2.32 bits per heavy atom. The lowest BCUT2D eigenvalue weighted by Gasteiger charge is -2.32. The van der Waals surface area contributed by atoms with Crippen LogP contribution in [0.1, 0.15) is 18.4 Å². The second kappa shape index (κ2) is 10.1. The van der Waals surface area contributed by atoms with E-state index in [1.165, 1.54) is 5.56 Å². The minimum atomic E-state index is -5.08. The first kappa shape index (κ1) is 21.7. The topological polar surface area (TPSA) is 80.5 Å². The van der Waals surface area contributed by atoms with Gasteiger partial charge in [-0.1, -0.05) is 17.7 Å². The molecule has 0 unspecified atom stereocenters. The fraction of sp³-hybridized carbons (Fsp3) is 0.500. The highest BCUT2D eigenvalue weighted by Crippen LogP contribution is 2.19. The van der Waals surface area contributed by atoms with E-state index in [0.29, 0.717) is 6.10 Å². The third kappa shape index (κ3) is 7.55. The second-order valence-corrected chi connectivity index (χ2v) is 6.43. The van der Waals surface area contributed by atoms with Gasteiger partial charge in [-0.2, -0.15) is 18.3 Å². The third-order valence-corrected chi connectivity index (χ3v) is 4.21. The minimum Gasteiger partial charge on any atom is -0.490 e. The first-order valence-electron chi connectivity index (χ1n) is 8.82. The molecule has 3 rings (SSSR count). The zero-order valence-electron chi connectivity index (χ0n) is 15.5. The highest BCUT2D eigenvalue weighted by molar-refractivity contribution is 5.73. The highest BCUT2D eigenvalue weighted by atomic mass is 19.4. The van der Waals surface area contributed by atoms with Crippen molar-refractivity contribution in [1.82, 2.24) is 19.7 Å². The molecule has 1 aliphatic heterocycles. The first-order chi connectivity index (χ1) is 13.2. The Balaban J connectivity index is 0.000000345. The summed E-state index contributed by atoms with van der Waals surface area (Å²) >= 11 is 0. The Kier molecular flexibility index (Phi) is 7.80. The van der Waals surface area contributed by atoms with Gasteiger partial charge in [0.05, 0.1) is 6.54 Å². The summed E-state index contributed by atoms with van der Waals surface area (Å²) in [5.74, 6) is -1.77. The Morgan fingerprint density at radius 1 is 1.21 bits per heavy atom. The summed E-state index contributed by atoms with van der Waals surface area (Å²) in [6, 6.07) is 8.32. The van der Waals surface area contributed by atoms with Crippen molar-refractivity contribution >= 4 is 5.97 Å². The van der Waals surface area contributed by atoms with Gasteiger partial charge in [0.2, 0.25) is 0 Å². The molecule has 7 nitrogen and oxygen atoms in total. The number of aryl methyl sites for hydroxylation is 1. The molecule has 0 radical (unpaired) electrons. The van der Waals surface area contributed by atoms with Gasteiger partial charge in [0.25, 0.3) is 0 Å². The Bertz CT molecular complexity index is 713. The normalized spacial score (nSPS) is 15.6. The number of carbonyl (C=O) groups is 1. The van der Waals surface area contributed by atoms with Gasteiger partial charge in [0.1, 0.15) is 24.5 Å². The van der Waals surface area contributed by atoms with Crippen molar-refractivity contribution in [2.75, 3.05) is 19.6 Å². The average Bonchev–Trinajstić information content (AvgIpc) is 3.16. The lowest BCUT2D eigenvalue weighted by atomic mass is 10.1. The summed E-state index contributed by atoms with van der Waals surface area (Å²) < 4.78 is 39.7. The second-order valence-electron chi connectivity index (χ2n) is 6.43. The molecule has 0 amide bonds. The number of alkyl halides is 3. The van der Waals surface area contributed by atoms with Crippen molar-refractivity contribution in [1.29, 1.82) is 0 Å². The van der Waals surface area contributed by atoms with E-state index in [0.717, 1.165) is 44.8 Å². The molecule has 1 N–H and O–H groups in total. The zero-order valence-corrected chi connectivity index (χ0v) is 15.5. The molecular weight excluding hydrogens is 377 g/mol. The zero-order chi connectivity index (χ0) is 20.6. The van der Waals surface area contributed by atoms with E-state index in [9.17, 15) is 13.2 Å². The molecule has 0 bridgehead atoms. The molecule has 0 atom stereocenters. The van der Waals surface area contributed by atoms with Crippen molar-refractivity contribution in [3.05, 3.63) is 42.5 Å². The van der Waals surface area contributed by atoms with Crippen LogP contribution in [0.3, 0.4) is 0 Å². The van der Waals surface area contributed by atoms with E-state index in [-0.39, 0.29) is 0 Å². The third-order valence-electron chi connectivity index (χ3n) is 4.21. The summed E-state index contributed by atoms with van der Waals surface area (Å²) in [4.78, 5) is 15.3. The largest absolute Gasteiger partial charge is 0.490 e. The van der Waals surface area contributed by atoms with Crippen LogP contribution in [0, 0.1) is 6.92 Å². The quantitative estimate of drug-likeness (QED) is 0.831. The van der Waals surface area contributed by atoms with E-state index >= 15 is 0 Å². The van der Waals surface area contributed by atoms with Crippen LogP contribution < -0.4 is 4.74 Å². The standard InChI is InChI=1S/C16H22N4O.C2HF3O2/c1-14-2-4-15(5-3-14)21-16-6-8-19(9-7-16)10-11-20-13-17-12-18-20;3-2(4,5)1(6)7/h2-5,12-13,16H,6-11H2,1H3;(H,6,7). The van der Waals surface area contributed by atoms with E-state index in [2.05, 4.69) is 46.2 Å². The lowest BCUT2D eigenvalue weighted by molar-refractivity contribution is -0.192. The molecule has 1 aromatic carbocycles. The van der Waals surface area contributed by atoms with Crippen molar-refractivity contribution in [3.63, 3.8) is 0 Å². The van der Waals surface area contributed by atoms with Crippen LogP contribution in [0.25, 0.3) is 0 Å². The molecule has 0 aliphatic carbocycles. The number of benzene rings is 1. The average molecular weight is 400 g/mol. The van der Waals surface area contributed by atoms with Gasteiger partial charge in [-0.05, 0) is 31.9 Å². The van der Waals surface area contributed by atoms with Crippen molar-refractivity contribution in [2.45, 2.75) is 38.6 Å². The summed E-state index contributed by atoms with van der Waals surface area (Å²) in [5.41, 5.74) is 1.27. The van der Waals surface area contributed by atoms with E-state index in [4.69, 9.17) is 14.6 Å². The number of halogens is 3. The van der Waals surface area contributed by atoms with Crippen LogP contribution in [0.5, 0.6) is 5.75 Å². The smallest absolute Gasteiger partial charge is 0.490 e. The Morgan fingerprint density at radius 2 is 1.82 bits per heavy atom. The maximum Gasteiger partial charge on any atom is 0.490 e. The molecule has 1 aromatic heterocycles. The number of likely N-dealkylation sites (tertiary alicyclic amines) is 1. The molecule has 28 heavy (non-hydrogen) atoms. The number of piperidine rings is 1. The van der Waals surface area contributed by atoms with Gasteiger partial charge < -0.3 is 14.7 Å². The van der Waals surface area contributed by atoms with Gasteiger partial charge >= 0.3 is 12.1 Å². The monoisotopic (exact) mass is 400 g/mol. The van der Waals surface area contributed by atoms with E-state index in [1.54, 1.807) is 12.7 Å². The molecule has 10 heteroatoms. The maximum atomic E-state index is 10.6. The van der Waals surface area contributed by atoms with Gasteiger partial charge in [-0.25, -0.2) is 9.78 Å². The summed E-state index contributed by atoms with van der Waals surface area (Å²) in [5, 5.41) is 11.3. The molecule has 0 spiro atoms. The lowest BCUT2D eigenvalue weighted by Crippen LogP contribution is -2.39. The van der Waals surface area contributed by atoms with Crippen LogP contribution >= 0.6 is 0 Å². The molecule has 154 valence electrons. The van der Waals surface area contributed by atoms with Gasteiger partial charge in [-0.3, -0.25) is 4.68 Å². The molecule has 1 aliphatic rings. The molecule has 2 aromatic rings. The predicted molar refractivity (Wildman–Crippen MR) is 95.0 cm³/mol. The summed E-state index contributed by atoms with van der Waals surface area (Å²) in [6.07, 6.45) is 0.793. The number of hydrogen-bond donors (Lipinski definition) is 1. The number of aliphatic carboxylic acids is 1. The van der Waals surface area contributed by atoms with Crippen LogP contribution in [-0.2, 0) is 11.3 Å². The van der Waals surface area contributed by atoms with E-state index < -0.39 is 12.1 Å².